The predicted octanol–water partition coefficient (Wildman–Crippen LogP) is 3.78. The number of carbonyl (C=O) groups is 2. The number of benzene rings is 1. The van der Waals surface area contributed by atoms with E-state index in [0.717, 1.165) is 4.47 Å². The number of ether oxygens (including phenoxy) is 1. The van der Waals surface area contributed by atoms with E-state index in [-0.39, 0.29) is 11.9 Å². The maximum atomic E-state index is 12.1. The lowest BCUT2D eigenvalue weighted by Crippen LogP contribution is -2.34. The van der Waals surface area contributed by atoms with Crippen LogP contribution in [0, 0.1) is 0 Å². The third kappa shape index (κ3) is 3.15. The molecule has 4 nitrogen and oxygen atoms in total. The summed E-state index contributed by atoms with van der Waals surface area (Å²) in [7, 11) is 0. The van der Waals surface area contributed by atoms with Crippen molar-refractivity contribution in [3.63, 3.8) is 0 Å². The third-order valence-corrected chi connectivity index (χ3v) is 3.39. The molecule has 0 saturated carbocycles. The molecule has 1 heterocycles. The van der Waals surface area contributed by atoms with Gasteiger partial charge in [-0.05, 0) is 38.5 Å². The van der Waals surface area contributed by atoms with Crippen LogP contribution in [0.5, 0.6) is 0 Å². The molecule has 0 bridgehead atoms. The van der Waals surface area contributed by atoms with Gasteiger partial charge < -0.3 is 4.74 Å². The van der Waals surface area contributed by atoms with Gasteiger partial charge in [0, 0.05) is 23.0 Å². The van der Waals surface area contributed by atoms with Crippen molar-refractivity contribution in [1.29, 1.82) is 0 Å². The number of fused-ring (bicyclic) bond motifs is 1. The van der Waals surface area contributed by atoms with Crippen LogP contribution in [0.2, 0.25) is 0 Å². The molecule has 0 aromatic heterocycles. The number of carbonyl (C=O) groups excluding carboxylic acids is 2. The average molecular weight is 326 g/mol. The van der Waals surface area contributed by atoms with Gasteiger partial charge in [-0.1, -0.05) is 15.9 Å². The van der Waals surface area contributed by atoms with Crippen LogP contribution in [0.25, 0.3) is 0 Å². The molecule has 1 aromatic carbocycles. The highest BCUT2D eigenvalue weighted by atomic mass is 79.9. The Morgan fingerprint density at radius 2 is 2.16 bits per heavy atom. The fourth-order valence-electron chi connectivity index (χ4n) is 2.07. The van der Waals surface area contributed by atoms with E-state index in [4.69, 9.17) is 4.74 Å². The second-order valence-corrected chi connectivity index (χ2v) is 5.69. The first kappa shape index (κ1) is 14.1. The Labute approximate surface area is 120 Å². The van der Waals surface area contributed by atoms with Crippen LogP contribution in [0.3, 0.4) is 0 Å². The van der Waals surface area contributed by atoms with Crippen molar-refractivity contribution in [1.82, 2.24) is 0 Å². The lowest BCUT2D eigenvalue weighted by Gasteiger charge is -2.23. The molecule has 0 radical (unpaired) electrons. The Kier molecular flexibility index (Phi) is 4.24. The van der Waals surface area contributed by atoms with Gasteiger partial charge in [0.2, 0.25) is 0 Å². The summed E-state index contributed by atoms with van der Waals surface area (Å²) >= 11 is 3.37. The van der Waals surface area contributed by atoms with Crippen LogP contribution in [0.15, 0.2) is 22.7 Å². The molecule has 0 saturated heterocycles. The summed E-state index contributed by atoms with van der Waals surface area (Å²) in [6.45, 7) is 4.12. The Hall–Kier alpha value is -1.36. The second kappa shape index (κ2) is 5.74. The minimum atomic E-state index is -0.399. The van der Waals surface area contributed by atoms with Crippen molar-refractivity contribution in [3.8, 4) is 0 Å². The number of rotatable bonds is 1. The van der Waals surface area contributed by atoms with Gasteiger partial charge in [-0.2, -0.15) is 0 Å². The number of Topliss-reactive ketones (excluding diaryl/α,β-unsaturated/α-hetero) is 1. The predicted molar refractivity (Wildman–Crippen MR) is 76.7 cm³/mol. The number of nitrogens with zero attached hydrogens (tertiary/aromatic N) is 1. The molecule has 1 amide bonds. The minimum absolute atomic E-state index is 0.0716. The highest BCUT2D eigenvalue weighted by molar-refractivity contribution is 9.10. The molecule has 102 valence electrons. The van der Waals surface area contributed by atoms with E-state index >= 15 is 0 Å². The molecule has 1 aliphatic heterocycles. The number of anilines is 1. The molecule has 2 rings (SSSR count). The standard InChI is InChI=1S/C14H16BrNO3/c1-9(2)19-14(18)16-7-3-4-13(17)11-6-5-10(15)8-12(11)16/h5-6,8-9H,3-4,7H2,1-2H3. The monoisotopic (exact) mass is 325 g/mol. The smallest absolute Gasteiger partial charge is 0.414 e. The van der Waals surface area contributed by atoms with Crippen LogP contribution < -0.4 is 4.90 Å². The zero-order valence-corrected chi connectivity index (χ0v) is 12.6. The molecular formula is C14H16BrNO3. The largest absolute Gasteiger partial charge is 0.446 e. The first-order chi connectivity index (χ1) is 8.99. The normalized spacial score (nSPS) is 15.2. The summed E-state index contributed by atoms with van der Waals surface area (Å²) in [5.41, 5.74) is 1.21. The molecule has 0 spiro atoms. The Bertz CT molecular complexity index is 513. The first-order valence-corrected chi connectivity index (χ1v) is 7.09. The van der Waals surface area contributed by atoms with Gasteiger partial charge in [0.05, 0.1) is 11.8 Å². The summed E-state index contributed by atoms with van der Waals surface area (Å²) in [6.07, 6.45) is 0.532. The number of amides is 1. The summed E-state index contributed by atoms with van der Waals surface area (Å²) < 4.78 is 6.07. The molecule has 19 heavy (non-hydrogen) atoms. The SMILES string of the molecule is CC(C)OC(=O)N1CCCC(=O)c2ccc(Br)cc21. The molecule has 0 N–H and O–H groups in total. The summed E-state index contributed by atoms with van der Waals surface area (Å²) in [5, 5.41) is 0. The van der Waals surface area contributed by atoms with Crippen LogP contribution in [0.1, 0.15) is 37.0 Å². The molecule has 0 aliphatic carbocycles. The molecule has 1 aliphatic rings. The van der Waals surface area contributed by atoms with E-state index < -0.39 is 6.09 Å². The molecule has 0 fully saturated rings. The van der Waals surface area contributed by atoms with Crippen molar-refractivity contribution < 1.29 is 14.3 Å². The Balaban J connectivity index is 2.40. The highest BCUT2D eigenvalue weighted by Gasteiger charge is 2.26. The van der Waals surface area contributed by atoms with Gasteiger partial charge >= 0.3 is 6.09 Å². The molecule has 0 atom stereocenters. The van der Waals surface area contributed by atoms with Crippen LogP contribution in [-0.4, -0.2) is 24.5 Å². The van der Waals surface area contributed by atoms with E-state index in [1.807, 2.05) is 19.9 Å². The summed E-state index contributed by atoms with van der Waals surface area (Å²) in [6, 6.07) is 5.36. The number of ketones is 1. The van der Waals surface area contributed by atoms with Crippen molar-refractivity contribution >= 4 is 33.5 Å². The fraction of sp³-hybridized carbons (Fsp3) is 0.429. The summed E-state index contributed by atoms with van der Waals surface area (Å²) in [4.78, 5) is 25.7. The van der Waals surface area contributed by atoms with Crippen molar-refractivity contribution in [3.05, 3.63) is 28.2 Å². The number of halogens is 1. The van der Waals surface area contributed by atoms with E-state index in [2.05, 4.69) is 15.9 Å². The van der Waals surface area contributed by atoms with Gasteiger partial charge in [0.1, 0.15) is 0 Å². The average Bonchev–Trinajstić information content (AvgIpc) is 2.47. The zero-order chi connectivity index (χ0) is 14.0. The molecule has 1 aromatic rings. The van der Waals surface area contributed by atoms with Crippen LogP contribution in [0.4, 0.5) is 10.5 Å². The Morgan fingerprint density at radius 1 is 1.42 bits per heavy atom. The van der Waals surface area contributed by atoms with E-state index in [9.17, 15) is 9.59 Å². The molecule has 5 heteroatoms. The number of hydrogen-bond donors (Lipinski definition) is 0. The van der Waals surface area contributed by atoms with E-state index in [1.54, 1.807) is 17.0 Å². The topological polar surface area (TPSA) is 46.6 Å². The minimum Gasteiger partial charge on any atom is -0.446 e. The lowest BCUT2D eigenvalue weighted by molar-refractivity contribution is 0.0983. The highest BCUT2D eigenvalue weighted by Crippen LogP contribution is 2.30. The maximum absolute atomic E-state index is 12.1. The molecular weight excluding hydrogens is 310 g/mol. The second-order valence-electron chi connectivity index (χ2n) is 4.77. The van der Waals surface area contributed by atoms with Gasteiger partial charge in [0.15, 0.2) is 5.78 Å². The van der Waals surface area contributed by atoms with E-state index in [0.29, 0.717) is 30.6 Å². The number of hydrogen-bond acceptors (Lipinski definition) is 3. The van der Waals surface area contributed by atoms with Gasteiger partial charge in [-0.25, -0.2) is 4.79 Å². The lowest BCUT2D eigenvalue weighted by atomic mass is 10.1. The van der Waals surface area contributed by atoms with Gasteiger partial charge in [-0.3, -0.25) is 9.69 Å². The Morgan fingerprint density at radius 3 is 2.84 bits per heavy atom. The van der Waals surface area contributed by atoms with Crippen molar-refractivity contribution in [2.75, 3.05) is 11.4 Å². The van der Waals surface area contributed by atoms with Crippen molar-refractivity contribution in [2.24, 2.45) is 0 Å². The summed E-state index contributed by atoms with van der Waals surface area (Å²) in [5.74, 6) is 0.0716. The van der Waals surface area contributed by atoms with Gasteiger partial charge in [0.25, 0.3) is 0 Å². The maximum Gasteiger partial charge on any atom is 0.414 e. The fourth-order valence-corrected chi connectivity index (χ4v) is 2.42. The van der Waals surface area contributed by atoms with Crippen LogP contribution in [-0.2, 0) is 4.74 Å². The quantitative estimate of drug-likeness (QED) is 0.789. The van der Waals surface area contributed by atoms with Crippen LogP contribution >= 0.6 is 15.9 Å². The zero-order valence-electron chi connectivity index (χ0n) is 11.0. The van der Waals surface area contributed by atoms with Crippen molar-refractivity contribution in [2.45, 2.75) is 32.8 Å². The third-order valence-electron chi connectivity index (χ3n) is 2.89. The van der Waals surface area contributed by atoms with Gasteiger partial charge in [-0.15, -0.1) is 0 Å². The molecule has 0 unspecified atom stereocenters. The first-order valence-electron chi connectivity index (χ1n) is 6.30. The van der Waals surface area contributed by atoms with E-state index in [1.165, 1.54) is 0 Å².